The zero-order valence-electron chi connectivity index (χ0n) is 13.9. The third-order valence-corrected chi connectivity index (χ3v) is 3.83. The summed E-state index contributed by atoms with van der Waals surface area (Å²) in [5.41, 5.74) is 1.30. The average molecular weight is 363 g/mol. The van der Waals surface area contributed by atoms with Crippen LogP contribution in [0.25, 0.3) is 5.69 Å². The predicted octanol–water partition coefficient (Wildman–Crippen LogP) is 3.98. The van der Waals surface area contributed by atoms with Crippen LogP contribution in [0.1, 0.15) is 21.8 Å². The number of halogens is 3. The van der Waals surface area contributed by atoms with E-state index < -0.39 is 18.6 Å². The number of aromatic nitrogens is 2. The second-order valence-corrected chi connectivity index (χ2v) is 5.75. The zero-order chi connectivity index (χ0) is 18.7. The summed E-state index contributed by atoms with van der Waals surface area (Å²) < 4.78 is 45.4. The van der Waals surface area contributed by atoms with Gasteiger partial charge in [-0.25, -0.2) is 4.68 Å². The van der Waals surface area contributed by atoms with Gasteiger partial charge in [0.05, 0.1) is 35.9 Å². The molecule has 0 aliphatic carbocycles. The molecule has 0 fully saturated rings. The highest BCUT2D eigenvalue weighted by Gasteiger charge is 2.34. The van der Waals surface area contributed by atoms with Crippen molar-refractivity contribution in [3.63, 3.8) is 0 Å². The molecule has 26 heavy (non-hydrogen) atoms. The van der Waals surface area contributed by atoms with Gasteiger partial charge in [-0.3, -0.25) is 4.79 Å². The van der Waals surface area contributed by atoms with Gasteiger partial charge in [0.15, 0.2) is 0 Å². The molecule has 0 atom stereocenters. The Morgan fingerprint density at radius 2 is 1.92 bits per heavy atom. The van der Waals surface area contributed by atoms with Crippen LogP contribution >= 0.6 is 0 Å². The Morgan fingerprint density at radius 1 is 1.19 bits per heavy atom. The van der Waals surface area contributed by atoms with E-state index in [1.54, 1.807) is 25.1 Å². The molecule has 0 radical (unpaired) electrons. The van der Waals surface area contributed by atoms with E-state index in [0.29, 0.717) is 10.6 Å². The lowest BCUT2D eigenvalue weighted by Crippen LogP contribution is -2.38. The van der Waals surface area contributed by atoms with Gasteiger partial charge in [0.1, 0.15) is 12.3 Å². The Morgan fingerprint density at radius 3 is 2.54 bits per heavy atom. The number of alkyl halides is 3. The van der Waals surface area contributed by atoms with Crippen LogP contribution in [0.2, 0.25) is 0 Å². The Balaban J connectivity index is 1.90. The predicted molar refractivity (Wildman–Crippen MR) is 87.8 cm³/mol. The molecule has 0 spiro atoms. The van der Waals surface area contributed by atoms with Gasteiger partial charge in [-0.2, -0.15) is 18.3 Å². The highest BCUT2D eigenvalue weighted by Crippen LogP contribution is 2.22. The molecule has 5 nitrogen and oxygen atoms in total. The quantitative estimate of drug-likeness (QED) is 0.689. The summed E-state index contributed by atoms with van der Waals surface area (Å²) in [6, 6.07) is 12.1. The van der Waals surface area contributed by atoms with Crippen molar-refractivity contribution >= 4 is 5.91 Å². The lowest BCUT2D eigenvalue weighted by Gasteiger charge is -2.23. The Kier molecular flexibility index (Phi) is 4.83. The average Bonchev–Trinajstić information content (AvgIpc) is 3.23. The molecule has 3 aromatic rings. The summed E-state index contributed by atoms with van der Waals surface area (Å²) in [6.45, 7) is -0.00428. The molecule has 136 valence electrons. The molecular weight excluding hydrogens is 347 g/mol. The number of nitrogens with zero attached hydrogens (tertiary/aromatic N) is 3. The van der Waals surface area contributed by atoms with Crippen molar-refractivity contribution in [2.45, 2.75) is 19.6 Å². The lowest BCUT2D eigenvalue weighted by molar-refractivity contribution is -0.142. The van der Waals surface area contributed by atoms with Gasteiger partial charge in [-0.05, 0) is 31.2 Å². The number of para-hydroxylation sites is 1. The zero-order valence-corrected chi connectivity index (χ0v) is 13.9. The minimum atomic E-state index is -4.52. The molecule has 0 saturated carbocycles. The molecule has 3 rings (SSSR count). The van der Waals surface area contributed by atoms with Gasteiger partial charge in [0.2, 0.25) is 0 Å². The molecule has 0 N–H and O–H groups in total. The molecule has 1 amide bonds. The van der Waals surface area contributed by atoms with E-state index in [2.05, 4.69) is 5.10 Å². The van der Waals surface area contributed by atoms with Crippen LogP contribution in [0.4, 0.5) is 13.2 Å². The van der Waals surface area contributed by atoms with Crippen LogP contribution in [-0.4, -0.2) is 33.3 Å². The van der Waals surface area contributed by atoms with Gasteiger partial charge >= 0.3 is 6.18 Å². The summed E-state index contributed by atoms with van der Waals surface area (Å²) in [5.74, 6) is -0.478. The fraction of sp³-hybridized carbons (Fsp3) is 0.222. The number of hydrogen-bond donors (Lipinski definition) is 0. The van der Waals surface area contributed by atoms with Gasteiger partial charge < -0.3 is 9.32 Å². The molecule has 0 unspecified atom stereocenters. The van der Waals surface area contributed by atoms with Crippen LogP contribution in [-0.2, 0) is 6.54 Å². The summed E-state index contributed by atoms with van der Waals surface area (Å²) in [6.07, 6.45) is -1.88. The lowest BCUT2D eigenvalue weighted by atomic mass is 10.2. The maximum atomic E-state index is 12.9. The molecule has 0 aliphatic rings. The van der Waals surface area contributed by atoms with Gasteiger partial charge in [0, 0.05) is 0 Å². The molecule has 0 bridgehead atoms. The van der Waals surface area contributed by atoms with Gasteiger partial charge in [-0.1, -0.05) is 18.2 Å². The number of carbonyl (C=O) groups is 1. The largest absolute Gasteiger partial charge is 0.467 e. The monoisotopic (exact) mass is 363 g/mol. The molecule has 0 aliphatic heterocycles. The van der Waals surface area contributed by atoms with Crippen molar-refractivity contribution in [1.82, 2.24) is 14.7 Å². The number of amides is 1. The van der Waals surface area contributed by atoms with Crippen LogP contribution in [0, 0.1) is 6.92 Å². The maximum Gasteiger partial charge on any atom is 0.406 e. The number of carbonyl (C=O) groups excluding carboxylic acids is 1. The first-order valence-corrected chi connectivity index (χ1v) is 7.83. The number of benzene rings is 1. The van der Waals surface area contributed by atoms with Crippen LogP contribution in [0.3, 0.4) is 0 Å². The Labute approximate surface area is 147 Å². The number of hydrogen-bond acceptors (Lipinski definition) is 3. The first-order valence-electron chi connectivity index (χ1n) is 7.83. The first-order chi connectivity index (χ1) is 12.3. The molecule has 2 heterocycles. The van der Waals surface area contributed by atoms with Gasteiger partial charge in [0.25, 0.3) is 5.91 Å². The minimum Gasteiger partial charge on any atom is -0.467 e. The number of furan rings is 1. The van der Waals surface area contributed by atoms with E-state index in [0.717, 1.165) is 5.69 Å². The summed E-state index contributed by atoms with van der Waals surface area (Å²) in [4.78, 5) is 13.5. The van der Waals surface area contributed by atoms with E-state index in [-0.39, 0.29) is 17.9 Å². The molecular formula is C18H16F3N3O2. The van der Waals surface area contributed by atoms with E-state index in [9.17, 15) is 18.0 Å². The SMILES string of the molecule is Cc1c(C(=O)N(Cc2ccco2)CC(F)(F)F)cnn1-c1ccccc1. The second kappa shape index (κ2) is 7.07. The molecule has 2 aromatic heterocycles. The molecule has 8 heteroatoms. The van der Waals surface area contributed by atoms with Crippen molar-refractivity contribution in [3.8, 4) is 5.69 Å². The minimum absolute atomic E-state index is 0.115. The fourth-order valence-corrected chi connectivity index (χ4v) is 2.63. The van der Waals surface area contributed by atoms with Crippen LogP contribution in [0.5, 0.6) is 0 Å². The fourth-order valence-electron chi connectivity index (χ4n) is 2.63. The van der Waals surface area contributed by atoms with E-state index in [1.165, 1.54) is 23.2 Å². The van der Waals surface area contributed by atoms with Crippen molar-refractivity contribution in [2.24, 2.45) is 0 Å². The topological polar surface area (TPSA) is 51.3 Å². The van der Waals surface area contributed by atoms with Crippen molar-refractivity contribution in [3.05, 3.63) is 71.9 Å². The van der Waals surface area contributed by atoms with Gasteiger partial charge in [-0.15, -0.1) is 0 Å². The smallest absolute Gasteiger partial charge is 0.406 e. The number of rotatable bonds is 5. The molecule has 1 aromatic carbocycles. The Bertz CT molecular complexity index is 871. The maximum absolute atomic E-state index is 12.9. The normalized spacial score (nSPS) is 11.5. The highest BCUT2D eigenvalue weighted by atomic mass is 19.4. The molecule has 0 saturated heterocycles. The summed E-state index contributed by atoms with van der Waals surface area (Å²) in [5, 5.41) is 4.15. The van der Waals surface area contributed by atoms with Crippen LogP contribution < -0.4 is 0 Å². The third-order valence-electron chi connectivity index (χ3n) is 3.83. The van der Waals surface area contributed by atoms with Crippen molar-refractivity contribution in [2.75, 3.05) is 6.54 Å². The highest BCUT2D eigenvalue weighted by molar-refractivity contribution is 5.95. The van der Waals surface area contributed by atoms with Crippen molar-refractivity contribution in [1.29, 1.82) is 0 Å². The van der Waals surface area contributed by atoms with Crippen LogP contribution in [0.15, 0.2) is 59.3 Å². The first kappa shape index (κ1) is 17.8. The van der Waals surface area contributed by atoms with E-state index in [4.69, 9.17) is 4.42 Å². The van der Waals surface area contributed by atoms with Crippen molar-refractivity contribution < 1.29 is 22.4 Å². The third kappa shape index (κ3) is 3.96. The van der Waals surface area contributed by atoms with E-state index in [1.807, 2.05) is 18.2 Å². The van der Waals surface area contributed by atoms with E-state index >= 15 is 0 Å². The summed E-state index contributed by atoms with van der Waals surface area (Å²) in [7, 11) is 0. The standard InChI is InChI=1S/C18H16F3N3O2/c1-13-16(10-22-24(13)14-6-3-2-4-7-14)17(25)23(12-18(19,20)21)11-15-8-5-9-26-15/h2-10H,11-12H2,1H3. The summed E-state index contributed by atoms with van der Waals surface area (Å²) >= 11 is 0. The second-order valence-electron chi connectivity index (χ2n) is 5.75. The Hall–Kier alpha value is -3.03.